The summed E-state index contributed by atoms with van der Waals surface area (Å²) in [6.07, 6.45) is 2.46. The first-order valence-corrected chi connectivity index (χ1v) is 7.49. The Morgan fingerprint density at radius 1 is 1.10 bits per heavy atom. The molecule has 1 saturated carbocycles. The lowest BCUT2D eigenvalue weighted by atomic mass is 10.2. The van der Waals surface area contributed by atoms with Gasteiger partial charge in [-0.15, -0.1) is 0 Å². The molecule has 4 heteroatoms. The molecule has 2 aromatic rings. The highest BCUT2D eigenvalue weighted by Gasteiger charge is 2.21. The Morgan fingerprint density at radius 2 is 1.86 bits per heavy atom. The topological polar surface area (TPSA) is 21.3 Å². The normalized spacial score (nSPS) is 14.2. The maximum Gasteiger partial charge on any atom is 0.142 e. The highest BCUT2D eigenvalue weighted by atomic mass is 35.5. The zero-order valence-electron chi connectivity index (χ0n) is 11.6. The molecule has 110 valence electrons. The summed E-state index contributed by atoms with van der Waals surface area (Å²) >= 11 is 6.22. The van der Waals surface area contributed by atoms with Gasteiger partial charge in [-0.25, -0.2) is 4.39 Å². The second-order valence-electron chi connectivity index (χ2n) is 5.26. The van der Waals surface area contributed by atoms with Crippen molar-refractivity contribution < 1.29 is 9.13 Å². The molecule has 21 heavy (non-hydrogen) atoms. The zero-order valence-corrected chi connectivity index (χ0v) is 12.4. The quantitative estimate of drug-likeness (QED) is 0.858. The van der Waals surface area contributed by atoms with E-state index in [1.165, 1.54) is 18.9 Å². The van der Waals surface area contributed by atoms with Crippen molar-refractivity contribution in [3.63, 3.8) is 0 Å². The molecule has 1 N–H and O–H groups in total. The van der Waals surface area contributed by atoms with Crippen molar-refractivity contribution in [2.75, 3.05) is 0 Å². The number of para-hydroxylation sites is 1. The van der Waals surface area contributed by atoms with E-state index in [2.05, 4.69) is 5.32 Å². The van der Waals surface area contributed by atoms with Crippen LogP contribution in [0, 0.1) is 5.82 Å². The van der Waals surface area contributed by atoms with E-state index >= 15 is 0 Å². The van der Waals surface area contributed by atoms with E-state index in [9.17, 15) is 4.39 Å². The van der Waals surface area contributed by atoms with Crippen molar-refractivity contribution in [1.29, 1.82) is 0 Å². The molecule has 0 aromatic heterocycles. The van der Waals surface area contributed by atoms with Crippen molar-refractivity contribution in [1.82, 2.24) is 5.32 Å². The first kappa shape index (κ1) is 14.4. The summed E-state index contributed by atoms with van der Waals surface area (Å²) in [4.78, 5) is 0. The summed E-state index contributed by atoms with van der Waals surface area (Å²) in [5.74, 6) is 0.373. The number of hydrogen-bond donors (Lipinski definition) is 1. The summed E-state index contributed by atoms with van der Waals surface area (Å²) in [5, 5.41) is 3.99. The Bertz CT molecular complexity index is 628. The third-order valence-corrected chi connectivity index (χ3v) is 3.83. The molecule has 0 unspecified atom stereocenters. The van der Waals surface area contributed by atoms with Crippen molar-refractivity contribution in [2.24, 2.45) is 0 Å². The Kier molecular flexibility index (Phi) is 4.42. The van der Waals surface area contributed by atoms with Crippen LogP contribution in [0.15, 0.2) is 42.5 Å². The van der Waals surface area contributed by atoms with E-state index in [4.69, 9.17) is 16.3 Å². The average molecular weight is 306 g/mol. The SMILES string of the molecule is Fc1ccccc1COc1c(Cl)cccc1CNC1CC1. The molecule has 0 amide bonds. The summed E-state index contributed by atoms with van der Waals surface area (Å²) in [5.41, 5.74) is 1.53. The Labute approximate surface area is 128 Å². The summed E-state index contributed by atoms with van der Waals surface area (Å²) in [7, 11) is 0. The molecule has 2 nitrogen and oxygen atoms in total. The highest BCUT2D eigenvalue weighted by Crippen LogP contribution is 2.30. The molecule has 1 aliphatic rings. The van der Waals surface area contributed by atoms with E-state index in [-0.39, 0.29) is 12.4 Å². The van der Waals surface area contributed by atoms with Gasteiger partial charge in [-0.3, -0.25) is 0 Å². The lowest BCUT2D eigenvalue weighted by Gasteiger charge is -2.14. The molecular formula is C17H17ClFNO. The Hall–Kier alpha value is -1.58. The maximum atomic E-state index is 13.6. The van der Waals surface area contributed by atoms with Crippen LogP contribution in [0.4, 0.5) is 4.39 Å². The Morgan fingerprint density at radius 3 is 2.62 bits per heavy atom. The van der Waals surface area contributed by atoms with Crippen molar-refractivity contribution >= 4 is 11.6 Å². The fourth-order valence-electron chi connectivity index (χ4n) is 2.16. The van der Waals surface area contributed by atoms with Crippen molar-refractivity contribution in [3.05, 3.63) is 64.4 Å². The fourth-order valence-corrected chi connectivity index (χ4v) is 2.41. The van der Waals surface area contributed by atoms with Gasteiger partial charge in [0.15, 0.2) is 0 Å². The van der Waals surface area contributed by atoms with Gasteiger partial charge in [-0.05, 0) is 25.0 Å². The minimum absolute atomic E-state index is 0.173. The van der Waals surface area contributed by atoms with Crippen LogP contribution in [0.5, 0.6) is 5.75 Å². The van der Waals surface area contributed by atoms with Crippen molar-refractivity contribution in [3.8, 4) is 5.75 Å². The van der Waals surface area contributed by atoms with Crippen LogP contribution in [0.2, 0.25) is 5.02 Å². The molecule has 0 radical (unpaired) electrons. The van der Waals surface area contributed by atoms with Crippen molar-refractivity contribution in [2.45, 2.75) is 32.0 Å². The molecule has 1 aliphatic carbocycles. The van der Waals surface area contributed by atoms with Gasteiger partial charge in [0.25, 0.3) is 0 Å². The number of ether oxygens (including phenoxy) is 1. The van der Waals surface area contributed by atoms with E-state index in [0.717, 1.165) is 12.1 Å². The lowest BCUT2D eigenvalue weighted by molar-refractivity contribution is 0.296. The number of rotatable bonds is 6. The number of hydrogen-bond acceptors (Lipinski definition) is 2. The standard InChI is InChI=1S/C17H17ClFNO/c18-15-6-3-5-12(10-20-14-8-9-14)17(15)21-11-13-4-1-2-7-16(13)19/h1-7,14,20H,8-11H2. The van der Waals surface area contributed by atoms with E-state index in [1.54, 1.807) is 24.3 Å². The first-order valence-electron chi connectivity index (χ1n) is 7.11. The van der Waals surface area contributed by atoms with Gasteiger partial charge in [0, 0.05) is 23.7 Å². The number of benzene rings is 2. The maximum absolute atomic E-state index is 13.6. The summed E-state index contributed by atoms with van der Waals surface area (Å²) < 4.78 is 19.4. The van der Waals surface area contributed by atoms with Gasteiger partial charge in [0.05, 0.1) is 5.02 Å². The number of halogens is 2. The van der Waals surface area contributed by atoms with Crippen LogP contribution in [0.1, 0.15) is 24.0 Å². The minimum atomic E-state index is -0.262. The van der Waals surface area contributed by atoms with Crippen LogP contribution < -0.4 is 10.1 Å². The minimum Gasteiger partial charge on any atom is -0.487 e. The summed E-state index contributed by atoms with van der Waals surface area (Å²) in [6, 6.07) is 12.9. The molecule has 0 atom stereocenters. The molecule has 0 saturated heterocycles. The molecule has 0 heterocycles. The predicted octanol–water partition coefficient (Wildman–Crippen LogP) is 4.31. The molecule has 2 aromatic carbocycles. The van der Waals surface area contributed by atoms with Crippen LogP contribution in [0.25, 0.3) is 0 Å². The monoisotopic (exact) mass is 305 g/mol. The molecule has 0 bridgehead atoms. The van der Waals surface area contributed by atoms with Crippen LogP contribution >= 0.6 is 11.6 Å². The van der Waals surface area contributed by atoms with Crippen LogP contribution in [-0.2, 0) is 13.2 Å². The second kappa shape index (κ2) is 6.46. The molecular weight excluding hydrogens is 289 g/mol. The first-order chi connectivity index (χ1) is 10.2. The van der Waals surface area contributed by atoms with Gasteiger partial charge in [0.1, 0.15) is 18.2 Å². The highest BCUT2D eigenvalue weighted by molar-refractivity contribution is 6.32. The molecule has 0 spiro atoms. The van der Waals surface area contributed by atoms with Gasteiger partial charge >= 0.3 is 0 Å². The zero-order chi connectivity index (χ0) is 14.7. The Balaban J connectivity index is 1.72. The molecule has 0 aliphatic heterocycles. The molecule has 1 fully saturated rings. The number of nitrogens with one attached hydrogen (secondary N) is 1. The predicted molar refractivity (Wildman–Crippen MR) is 82.0 cm³/mol. The second-order valence-corrected chi connectivity index (χ2v) is 5.67. The van der Waals surface area contributed by atoms with Gasteiger partial charge < -0.3 is 10.1 Å². The largest absolute Gasteiger partial charge is 0.487 e. The van der Waals surface area contributed by atoms with E-state index < -0.39 is 0 Å². The van der Waals surface area contributed by atoms with E-state index in [1.807, 2.05) is 12.1 Å². The lowest BCUT2D eigenvalue weighted by Crippen LogP contribution is -2.16. The smallest absolute Gasteiger partial charge is 0.142 e. The summed E-state index contributed by atoms with van der Waals surface area (Å²) in [6.45, 7) is 0.894. The van der Waals surface area contributed by atoms with Gasteiger partial charge in [0.2, 0.25) is 0 Å². The van der Waals surface area contributed by atoms with Crippen LogP contribution in [0.3, 0.4) is 0 Å². The average Bonchev–Trinajstić information content (AvgIpc) is 3.30. The fraction of sp³-hybridized carbons (Fsp3) is 0.294. The van der Waals surface area contributed by atoms with E-state index in [0.29, 0.717) is 22.4 Å². The van der Waals surface area contributed by atoms with Gasteiger partial charge in [-0.2, -0.15) is 0 Å². The van der Waals surface area contributed by atoms with Crippen LogP contribution in [-0.4, -0.2) is 6.04 Å². The third-order valence-electron chi connectivity index (χ3n) is 3.54. The third kappa shape index (κ3) is 3.74. The molecule has 3 rings (SSSR count). The van der Waals surface area contributed by atoms with Gasteiger partial charge in [-0.1, -0.05) is 41.9 Å².